The molecular weight excluding hydrogens is 506 g/mol. The van der Waals surface area contributed by atoms with E-state index >= 15 is 0 Å². The van der Waals surface area contributed by atoms with E-state index in [1.54, 1.807) is 48.5 Å². The van der Waals surface area contributed by atoms with Gasteiger partial charge in [0.25, 0.3) is 11.5 Å². The van der Waals surface area contributed by atoms with Gasteiger partial charge in [-0.1, -0.05) is 40.6 Å². The van der Waals surface area contributed by atoms with Crippen LogP contribution in [0.5, 0.6) is 0 Å². The Kier molecular flexibility index (Phi) is 6.94. The number of hydrogen-bond donors (Lipinski definition) is 2. The highest BCUT2D eigenvalue weighted by Gasteiger charge is 2.41. The highest BCUT2D eigenvalue weighted by atomic mass is 16.6. The first kappa shape index (κ1) is 25.8. The number of nitrogens with zero attached hydrogens (tertiary/aromatic N) is 3. The maximum atomic E-state index is 12.9. The fourth-order valence-electron chi connectivity index (χ4n) is 4.39. The first-order valence-electron chi connectivity index (χ1n) is 12.1. The number of aryl methyl sites for hydroxylation is 2. The highest BCUT2D eigenvalue weighted by Crippen LogP contribution is 2.34. The Hall–Kier alpha value is -4.84. The van der Waals surface area contributed by atoms with Crippen LogP contribution in [0.4, 0.5) is 0 Å². The van der Waals surface area contributed by atoms with Gasteiger partial charge < -0.3 is 24.5 Å². The Morgan fingerprint density at radius 3 is 2.26 bits per heavy atom. The lowest BCUT2D eigenvalue weighted by molar-refractivity contribution is -0.0562. The number of primary amides is 1. The first-order valence-corrected chi connectivity index (χ1v) is 12.1. The molecule has 3 N–H and O–H groups in total. The number of amides is 1. The van der Waals surface area contributed by atoms with E-state index in [1.165, 1.54) is 10.8 Å². The zero-order chi connectivity index (χ0) is 27.7. The molecule has 0 bridgehead atoms. The predicted octanol–water partition coefficient (Wildman–Crippen LogP) is 2.21. The largest absolute Gasteiger partial charge is 0.459 e. The lowest BCUT2D eigenvalue weighted by Gasteiger charge is -2.19. The van der Waals surface area contributed by atoms with E-state index in [-0.39, 0.29) is 29.6 Å². The summed E-state index contributed by atoms with van der Waals surface area (Å²) in [5, 5.41) is 9.68. The lowest BCUT2D eigenvalue weighted by Crippen LogP contribution is -2.32. The maximum Gasteiger partial charge on any atom is 0.338 e. The number of esters is 2. The number of rotatable bonds is 7. The van der Waals surface area contributed by atoms with Gasteiger partial charge in [0, 0.05) is 12.6 Å². The molecule has 3 heterocycles. The van der Waals surface area contributed by atoms with Crippen LogP contribution in [0, 0.1) is 13.8 Å². The number of nitrogens with two attached hydrogens (primary N) is 1. The van der Waals surface area contributed by atoms with Gasteiger partial charge in [0.1, 0.15) is 30.4 Å². The molecule has 0 unspecified atom stereocenters. The summed E-state index contributed by atoms with van der Waals surface area (Å²) >= 11 is 0. The second-order valence-electron chi connectivity index (χ2n) is 9.29. The van der Waals surface area contributed by atoms with Crippen LogP contribution in [0.25, 0.3) is 11.0 Å². The second-order valence-corrected chi connectivity index (χ2v) is 9.29. The van der Waals surface area contributed by atoms with Gasteiger partial charge >= 0.3 is 11.9 Å². The summed E-state index contributed by atoms with van der Waals surface area (Å²) in [5.41, 5.74) is 7.53. The number of hydrogen-bond acceptors (Lipinski definition) is 9. The summed E-state index contributed by atoms with van der Waals surface area (Å²) in [6.07, 6.45) is -1.07. The second kappa shape index (κ2) is 10.5. The average molecular weight is 532 g/mol. The summed E-state index contributed by atoms with van der Waals surface area (Å²) < 4.78 is 18.9. The molecule has 5 rings (SSSR count). The van der Waals surface area contributed by atoms with Gasteiger partial charge in [-0.05, 0) is 38.1 Å². The van der Waals surface area contributed by atoms with Crippen molar-refractivity contribution in [1.29, 1.82) is 0 Å². The Morgan fingerprint density at radius 2 is 1.64 bits per heavy atom. The van der Waals surface area contributed by atoms with Crippen molar-refractivity contribution in [3.05, 3.63) is 92.9 Å². The van der Waals surface area contributed by atoms with Gasteiger partial charge in [-0.3, -0.25) is 9.59 Å². The zero-order valence-electron chi connectivity index (χ0n) is 21.1. The zero-order valence-corrected chi connectivity index (χ0v) is 21.1. The Bertz CT molecular complexity index is 1610. The van der Waals surface area contributed by atoms with Gasteiger partial charge in [0.2, 0.25) is 0 Å². The van der Waals surface area contributed by atoms with E-state index in [0.29, 0.717) is 11.1 Å². The molecule has 4 aromatic rings. The van der Waals surface area contributed by atoms with Crippen molar-refractivity contribution in [1.82, 2.24) is 20.0 Å². The lowest BCUT2D eigenvalue weighted by atomic mass is 10.1. The van der Waals surface area contributed by atoms with E-state index in [4.69, 9.17) is 19.9 Å². The summed E-state index contributed by atoms with van der Waals surface area (Å²) in [6, 6.07) is 13.8. The van der Waals surface area contributed by atoms with Crippen molar-refractivity contribution in [2.75, 3.05) is 6.61 Å². The van der Waals surface area contributed by atoms with Crippen molar-refractivity contribution < 1.29 is 28.6 Å². The van der Waals surface area contributed by atoms with Gasteiger partial charge in [0.15, 0.2) is 5.65 Å². The normalized spacial score (nSPS) is 18.7. The molecule has 2 aromatic carbocycles. The summed E-state index contributed by atoms with van der Waals surface area (Å²) in [4.78, 5) is 50.0. The van der Waals surface area contributed by atoms with Crippen molar-refractivity contribution in [3.63, 3.8) is 0 Å². The number of fused-ring (bicyclic) bond motifs is 1. The summed E-state index contributed by atoms with van der Waals surface area (Å²) in [7, 11) is 0. The molecule has 39 heavy (non-hydrogen) atoms. The van der Waals surface area contributed by atoms with Crippen molar-refractivity contribution in [3.8, 4) is 0 Å². The van der Waals surface area contributed by atoms with Gasteiger partial charge in [-0.2, -0.15) is 0 Å². The summed E-state index contributed by atoms with van der Waals surface area (Å²) in [6.45, 7) is 3.59. The summed E-state index contributed by atoms with van der Waals surface area (Å²) in [5.74, 6) is -1.97. The highest BCUT2D eigenvalue weighted by molar-refractivity contribution is 6.05. The molecule has 1 fully saturated rings. The SMILES string of the molecule is Cc1ccc(C(=O)OC[C@H]2O[C@@H](n3cc(C(N)=O)c4c(=O)[nH]nnc43)C[C@@H]2OC(=O)c2ccc(C)cc2)cc1. The molecule has 3 atom stereocenters. The predicted molar refractivity (Wildman–Crippen MR) is 137 cm³/mol. The molecule has 0 radical (unpaired) electrons. The van der Waals surface area contributed by atoms with Crippen LogP contribution in [-0.4, -0.2) is 56.6 Å². The van der Waals surface area contributed by atoms with Crippen LogP contribution in [0.1, 0.15) is 54.8 Å². The average Bonchev–Trinajstić information content (AvgIpc) is 3.50. The topological polar surface area (TPSA) is 168 Å². The third kappa shape index (κ3) is 5.27. The van der Waals surface area contributed by atoms with Crippen LogP contribution in [0.2, 0.25) is 0 Å². The van der Waals surface area contributed by atoms with E-state index in [1.807, 2.05) is 13.8 Å². The Balaban J connectivity index is 1.42. The Labute approximate surface area is 221 Å². The fourth-order valence-corrected chi connectivity index (χ4v) is 4.39. The van der Waals surface area contributed by atoms with Gasteiger partial charge in [-0.15, -0.1) is 5.10 Å². The van der Waals surface area contributed by atoms with Crippen LogP contribution in [-0.2, 0) is 14.2 Å². The third-order valence-corrected chi connectivity index (χ3v) is 6.50. The number of H-pyrrole nitrogens is 1. The van der Waals surface area contributed by atoms with Crippen LogP contribution >= 0.6 is 0 Å². The minimum atomic E-state index is -0.858. The molecule has 0 saturated carbocycles. The molecule has 200 valence electrons. The Morgan fingerprint density at radius 1 is 1.03 bits per heavy atom. The fraction of sp³-hybridized carbons (Fsp3) is 0.259. The van der Waals surface area contributed by atoms with E-state index < -0.39 is 41.8 Å². The third-order valence-electron chi connectivity index (χ3n) is 6.50. The van der Waals surface area contributed by atoms with Crippen LogP contribution in [0.15, 0.2) is 59.5 Å². The molecule has 12 heteroatoms. The molecule has 12 nitrogen and oxygen atoms in total. The van der Waals surface area contributed by atoms with Crippen molar-refractivity contribution in [2.45, 2.75) is 38.7 Å². The smallest absolute Gasteiger partial charge is 0.338 e. The minimum Gasteiger partial charge on any atom is -0.459 e. The number of nitrogens with one attached hydrogen (secondary N) is 1. The van der Waals surface area contributed by atoms with Crippen LogP contribution in [0.3, 0.4) is 0 Å². The number of carbonyl (C=O) groups excluding carboxylic acids is 3. The number of aromatic amines is 1. The standard InChI is InChI=1S/C27H25N5O7/c1-14-3-7-16(8-4-14)26(35)37-13-20-19(39-27(36)17-9-5-15(2)6-10-17)11-21(38-20)32-12-18(23(28)33)22-24(32)29-31-30-25(22)34/h3-10,12,19-21H,11,13H2,1-2H3,(H2,28,33)(H,29,30,34)/t19-,20+,21+/m0/s1. The van der Waals surface area contributed by atoms with Crippen molar-refractivity contribution in [2.24, 2.45) is 5.73 Å². The number of carbonyl (C=O) groups is 3. The van der Waals surface area contributed by atoms with E-state index in [2.05, 4.69) is 15.4 Å². The van der Waals surface area contributed by atoms with E-state index in [9.17, 15) is 19.2 Å². The molecule has 1 aliphatic rings. The molecular formula is C27H25N5O7. The molecule has 1 saturated heterocycles. The first-order chi connectivity index (χ1) is 18.7. The minimum absolute atomic E-state index is 0.0384. The monoisotopic (exact) mass is 531 g/mol. The van der Waals surface area contributed by atoms with Crippen LogP contribution < -0.4 is 11.3 Å². The van der Waals surface area contributed by atoms with Crippen molar-refractivity contribution >= 4 is 28.9 Å². The van der Waals surface area contributed by atoms with Gasteiger partial charge in [-0.25, -0.2) is 14.7 Å². The molecule has 2 aromatic heterocycles. The van der Waals surface area contributed by atoms with Gasteiger partial charge in [0.05, 0.1) is 16.7 Å². The number of ether oxygens (including phenoxy) is 3. The number of benzene rings is 2. The molecule has 0 aliphatic carbocycles. The quantitative estimate of drug-likeness (QED) is 0.340. The molecule has 0 spiro atoms. The molecule has 1 aliphatic heterocycles. The maximum absolute atomic E-state index is 12.9. The van der Waals surface area contributed by atoms with E-state index in [0.717, 1.165) is 11.1 Å². The molecule has 1 amide bonds. The number of aromatic nitrogens is 4.